The molecule has 2 aromatic heterocycles. The lowest BCUT2D eigenvalue weighted by Crippen LogP contribution is -2.47. The number of aromatic nitrogens is 5. The van der Waals surface area contributed by atoms with Crippen LogP contribution in [0.5, 0.6) is 0 Å². The summed E-state index contributed by atoms with van der Waals surface area (Å²) < 4.78 is 3.67. The highest BCUT2D eigenvalue weighted by Gasteiger charge is 2.41. The van der Waals surface area contributed by atoms with E-state index < -0.39 is 0 Å². The molecule has 1 N–H and O–H groups in total. The Kier molecular flexibility index (Phi) is 3.99. The monoisotopic (exact) mass is 383 g/mol. The summed E-state index contributed by atoms with van der Waals surface area (Å²) >= 11 is 0. The van der Waals surface area contributed by atoms with Crippen molar-refractivity contribution in [1.29, 1.82) is 0 Å². The quantitative estimate of drug-likeness (QED) is 0.844. The second-order valence-electron chi connectivity index (χ2n) is 8.44. The fourth-order valence-electron chi connectivity index (χ4n) is 4.41. The smallest absolute Gasteiger partial charge is 0.289 e. The summed E-state index contributed by atoms with van der Waals surface area (Å²) in [6.45, 7) is 2.20. The van der Waals surface area contributed by atoms with E-state index in [4.69, 9.17) is 0 Å². The standard InChI is InChI=1S/C19H25N7O2/c1-24-9-5-14(23-24)18(28)25-10-7-19(8-11-25)6-4-15-21-22-16(26(15)12-19)17(27)20-13-2-3-13/h5,9,13H,2-4,6-8,10-12H2,1H3,(H,20,27). The van der Waals surface area contributed by atoms with E-state index in [1.165, 1.54) is 0 Å². The number of piperidine rings is 1. The normalized spacial score (nSPS) is 20.8. The second-order valence-corrected chi connectivity index (χ2v) is 8.44. The minimum atomic E-state index is -0.110. The van der Waals surface area contributed by atoms with Gasteiger partial charge >= 0.3 is 0 Å². The van der Waals surface area contributed by atoms with Gasteiger partial charge in [-0.1, -0.05) is 0 Å². The number of fused-ring (bicyclic) bond motifs is 1. The highest BCUT2D eigenvalue weighted by Crippen LogP contribution is 2.41. The molecule has 1 spiro atoms. The maximum Gasteiger partial charge on any atom is 0.289 e. The Morgan fingerprint density at radius 3 is 2.64 bits per heavy atom. The molecule has 0 unspecified atom stereocenters. The van der Waals surface area contributed by atoms with E-state index in [-0.39, 0.29) is 17.2 Å². The van der Waals surface area contributed by atoms with Crippen LogP contribution in [-0.4, -0.2) is 60.4 Å². The number of rotatable bonds is 3. The van der Waals surface area contributed by atoms with Crippen LogP contribution in [0.3, 0.4) is 0 Å². The number of carbonyl (C=O) groups excluding carboxylic acids is 2. The number of hydrogen-bond donors (Lipinski definition) is 1. The summed E-state index contributed by atoms with van der Waals surface area (Å²) in [6, 6.07) is 2.07. The first kappa shape index (κ1) is 17.4. The molecule has 0 atom stereocenters. The van der Waals surface area contributed by atoms with E-state index in [9.17, 15) is 9.59 Å². The van der Waals surface area contributed by atoms with Crippen molar-refractivity contribution in [3.63, 3.8) is 0 Å². The van der Waals surface area contributed by atoms with E-state index in [2.05, 4.69) is 20.6 Å². The third-order valence-corrected chi connectivity index (χ3v) is 6.36. The molecule has 2 aromatic rings. The van der Waals surface area contributed by atoms with Crippen molar-refractivity contribution >= 4 is 11.8 Å². The first-order valence-electron chi connectivity index (χ1n) is 10.0. The van der Waals surface area contributed by atoms with Gasteiger partial charge in [0.1, 0.15) is 11.5 Å². The van der Waals surface area contributed by atoms with Crippen LogP contribution in [0.2, 0.25) is 0 Å². The summed E-state index contributed by atoms with van der Waals surface area (Å²) in [6.07, 6.45) is 7.61. The molecule has 1 saturated heterocycles. The van der Waals surface area contributed by atoms with Gasteiger partial charge in [0.15, 0.2) is 0 Å². The zero-order chi connectivity index (χ0) is 19.3. The van der Waals surface area contributed by atoms with E-state index in [0.29, 0.717) is 17.6 Å². The molecule has 0 radical (unpaired) electrons. The number of carbonyl (C=O) groups is 2. The van der Waals surface area contributed by atoms with E-state index in [0.717, 1.165) is 64.0 Å². The zero-order valence-corrected chi connectivity index (χ0v) is 16.1. The Morgan fingerprint density at radius 1 is 1.18 bits per heavy atom. The van der Waals surface area contributed by atoms with Crippen LogP contribution in [0.4, 0.5) is 0 Å². The Hall–Kier alpha value is -2.71. The molecule has 2 fully saturated rings. The molecule has 3 aliphatic rings. The number of amides is 2. The van der Waals surface area contributed by atoms with Gasteiger partial charge in [-0.05, 0) is 43.6 Å². The SMILES string of the molecule is Cn1ccc(C(=O)N2CCC3(CCc4nnc(C(=O)NC5CC5)n4C3)CC2)n1. The Bertz CT molecular complexity index is 919. The fraction of sp³-hybridized carbons (Fsp3) is 0.632. The molecule has 4 heterocycles. The number of hydrogen-bond acceptors (Lipinski definition) is 5. The number of aryl methyl sites for hydroxylation is 2. The lowest BCUT2D eigenvalue weighted by atomic mass is 9.73. The van der Waals surface area contributed by atoms with Gasteiger partial charge in [-0.3, -0.25) is 14.3 Å². The average molecular weight is 383 g/mol. The van der Waals surface area contributed by atoms with Crippen molar-refractivity contribution in [2.24, 2.45) is 12.5 Å². The highest BCUT2D eigenvalue weighted by molar-refractivity contribution is 5.92. The van der Waals surface area contributed by atoms with Crippen LogP contribution in [0.15, 0.2) is 12.3 Å². The zero-order valence-electron chi connectivity index (χ0n) is 16.1. The summed E-state index contributed by atoms with van der Waals surface area (Å²) in [4.78, 5) is 27.1. The molecule has 2 amide bonds. The molecule has 1 saturated carbocycles. The Balaban J connectivity index is 1.28. The Morgan fingerprint density at radius 2 is 1.96 bits per heavy atom. The van der Waals surface area contributed by atoms with Crippen molar-refractivity contribution in [3.05, 3.63) is 29.6 Å². The van der Waals surface area contributed by atoms with Crippen molar-refractivity contribution in [2.75, 3.05) is 13.1 Å². The fourth-order valence-corrected chi connectivity index (χ4v) is 4.41. The van der Waals surface area contributed by atoms with E-state index >= 15 is 0 Å². The molecular weight excluding hydrogens is 358 g/mol. The van der Waals surface area contributed by atoms with Gasteiger partial charge in [0, 0.05) is 45.3 Å². The largest absolute Gasteiger partial charge is 0.347 e. The molecule has 28 heavy (non-hydrogen) atoms. The third-order valence-electron chi connectivity index (χ3n) is 6.36. The van der Waals surface area contributed by atoms with Crippen LogP contribution >= 0.6 is 0 Å². The van der Waals surface area contributed by atoms with E-state index in [1.54, 1.807) is 16.9 Å². The summed E-state index contributed by atoms with van der Waals surface area (Å²) in [7, 11) is 1.82. The van der Waals surface area contributed by atoms with Crippen LogP contribution in [0.25, 0.3) is 0 Å². The van der Waals surface area contributed by atoms with Gasteiger partial charge in [-0.2, -0.15) is 5.10 Å². The number of nitrogens with one attached hydrogen (secondary N) is 1. The molecule has 5 rings (SSSR count). The van der Waals surface area contributed by atoms with E-state index in [1.807, 2.05) is 16.5 Å². The number of nitrogens with zero attached hydrogens (tertiary/aromatic N) is 6. The van der Waals surface area contributed by atoms with Gasteiger partial charge in [0.05, 0.1) is 0 Å². The van der Waals surface area contributed by atoms with Gasteiger partial charge in [0.25, 0.3) is 11.8 Å². The topological polar surface area (TPSA) is 97.9 Å². The van der Waals surface area contributed by atoms with Crippen LogP contribution in [-0.2, 0) is 20.0 Å². The minimum Gasteiger partial charge on any atom is -0.347 e. The van der Waals surface area contributed by atoms with Crippen molar-refractivity contribution in [1.82, 2.24) is 34.8 Å². The minimum absolute atomic E-state index is 0.000691. The van der Waals surface area contributed by atoms with Gasteiger partial charge < -0.3 is 14.8 Å². The van der Waals surface area contributed by atoms with Crippen molar-refractivity contribution in [2.45, 2.75) is 51.1 Å². The van der Waals surface area contributed by atoms with Gasteiger partial charge in [-0.25, -0.2) is 0 Å². The maximum absolute atomic E-state index is 12.7. The molecule has 9 nitrogen and oxygen atoms in total. The lowest BCUT2D eigenvalue weighted by molar-refractivity contribution is 0.0460. The Labute approximate surface area is 163 Å². The molecular formula is C19H25N7O2. The molecule has 2 aliphatic heterocycles. The molecule has 148 valence electrons. The first-order valence-corrected chi connectivity index (χ1v) is 10.0. The van der Waals surface area contributed by atoms with Gasteiger partial charge in [0.2, 0.25) is 5.82 Å². The predicted molar refractivity (Wildman–Crippen MR) is 99.6 cm³/mol. The third kappa shape index (κ3) is 3.08. The second kappa shape index (κ2) is 6.42. The highest BCUT2D eigenvalue weighted by atomic mass is 16.2. The molecule has 0 aromatic carbocycles. The maximum atomic E-state index is 12.7. The van der Waals surface area contributed by atoms with Crippen LogP contribution in [0.1, 0.15) is 59.0 Å². The summed E-state index contributed by atoms with van der Waals surface area (Å²) in [5.74, 6) is 1.23. The average Bonchev–Trinajstić information content (AvgIpc) is 3.24. The van der Waals surface area contributed by atoms with Crippen molar-refractivity contribution < 1.29 is 9.59 Å². The van der Waals surface area contributed by atoms with Crippen molar-refractivity contribution in [3.8, 4) is 0 Å². The molecule has 0 bridgehead atoms. The van der Waals surface area contributed by atoms with Crippen LogP contribution in [0, 0.1) is 5.41 Å². The molecule has 9 heteroatoms. The number of likely N-dealkylation sites (tertiary alicyclic amines) is 1. The first-order chi connectivity index (χ1) is 13.5. The van der Waals surface area contributed by atoms with Crippen LogP contribution < -0.4 is 5.32 Å². The summed E-state index contributed by atoms with van der Waals surface area (Å²) in [5, 5.41) is 15.7. The summed E-state index contributed by atoms with van der Waals surface area (Å²) in [5.41, 5.74) is 0.604. The molecule has 1 aliphatic carbocycles. The van der Waals surface area contributed by atoms with Gasteiger partial charge in [-0.15, -0.1) is 10.2 Å². The lowest BCUT2D eigenvalue weighted by Gasteiger charge is -2.44. The predicted octanol–water partition coefficient (Wildman–Crippen LogP) is 0.773.